The lowest BCUT2D eigenvalue weighted by atomic mass is 10.0. The molecule has 6 nitrogen and oxygen atoms in total. The van der Waals surface area contributed by atoms with Crippen LogP contribution in [0.5, 0.6) is 0 Å². The Hall–Kier alpha value is -1.92. The van der Waals surface area contributed by atoms with Crippen molar-refractivity contribution in [2.24, 2.45) is 0 Å². The fraction of sp³-hybridized carbons (Fsp3) is 0.818. The van der Waals surface area contributed by atoms with Gasteiger partial charge in [-0.1, -0.05) is 186 Å². The number of carbonyl (C=O) groups excluding carboxylic acids is 2. The van der Waals surface area contributed by atoms with E-state index in [0.717, 1.165) is 83.5 Å². The molecule has 0 saturated carbocycles. The standard InChI is InChI=1S/C44H81NO5/c1-4-7-10-13-16-18-20-21-23-25-28-31-34-37-44(49)50-40(35-32-29-26-15-12-9-6-3)38-43(48)45-41(39-46)42(47)36-33-30-27-24-22-19-17-14-11-8-5-2/h7,10,13,16,18,20,40-42,46-47H,4-6,8-9,11-12,14-15,17,19,21-39H2,1-3H3,(H,45,48)/b10-7+,16-13+,20-18-. The van der Waals surface area contributed by atoms with Gasteiger partial charge in [-0.05, 0) is 44.9 Å². The summed E-state index contributed by atoms with van der Waals surface area (Å²) in [6.07, 6.45) is 42.1. The quantitative estimate of drug-likeness (QED) is 0.0340. The van der Waals surface area contributed by atoms with Crippen molar-refractivity contribution in [1.29, 1.82) is 0 Å². The van der Waals surface area contributed by atoms with Gasteiger partial charge in [-0.15, -0.1) is 0 Å². The number of rotatable bonds is 37. The van der Waals surface area contributed by atoms with Crippen molar-refractivity contribution in [2.45, 2.75) is 225 Å². The van der Waals surface area contributed by atoms with E-state index in [0.29, 0.717) is 19.3 Å². The lowest BCUT2D eigenvalue weighted by molar-refractivity contribution is -0.151. The summed E-state index contributed by atoms with van der Waals surface area (Å²) in [4.78, 5) is 25.8. The molecule has 1 amide bonds. The van der Waals surface area contributed by atoms with E-state index in [1.165, 1.54) is 77.0 Å². The number of carbonyl (C=O) groups is 2. The zero-order valence-electron chi connectivity index (χ0n) is 33.0. The van der Waals surface area contributed by atoms with Gasteiger partial charge in [-0.25, -0.2) is 0 Å². The second-order valence-electron chi connectivity index (χ2n) is 14.4. The molecule has 0 saturated heterocycles. The second kappa shape index (κ2) is 38.3. The Labute approximate surface area is 309 Å². The highest BCUT2D eigenvalue weighted by Crippen LogP contribution is 2.17. The van der Waals surface area contributed by atoms with E-state index in [2.05, 4.69) is 62.5 Å². The van der Waals surface area contributed by atoms with E-state index in [-0.39, 0.29) is 24.9 Å². The van der Waals surface area contributed by atoms with E-state index in [9.17, 15) is 19.8 Å². The third-order valence-electron chi connectivity index (χ3n) is 9.54. The summed E-state index contributed by atoms with van der Waals surface area (Å²) in [5, 5.41) is 23.5. The highest BCUT2D eigenvalue weighted by molar-refractivity contribution is 5.77. The molecule has 50 heavy (non-hydrogen) atoms. The van der Waals surface area contributed by atoms with Gasteiger partial charge in [0.1, 0.15) is 6.10 Å². The van der Waals surface area contributed by atoms with Crippen LogP contribution in [-0.4, -0.2) is 46.9 Å². The van der Waals surface area contributed by atoms with E-state index >= 15 is 0 Å². The van der Waals surface area contributed by atoms with Crippen LogP contribution in [0.25, 0.3) is 0 Å². The number of nitrogens with one attached hydrogen (secondary N) is 1. The van der Waals surface area contributed by atoms with Crippen molar-refractivity contribution < 1.29 is 24.5 Å². The van der Waals surface area contributed by atoms with Crippen LogP contribution in [0.15, 0.2) is 36.5 Å². The summed E-state index contributed by atoms with van der Waals surface area (Å²) < 4.78 is 5.85. The number of hydrogen-bond donors (Lipinski definition) is 3. The molecule has 0 fully saturated rings. The van der Waals surface area contributed by atoms with Gasteiger partial charge in [-0.2, -0.15) is 0 Å². The minimum Gasteiger partial charge on any atom is -0.462 e. The third-order valence-corrected chi connectivity index (χ3v) is 9.54. The van der Waals surface area contributed by atoms with Gasteiger partial charge in [0, 0.05) is 6.42 Å². The summed E-state index contributed by atoms with van der Waals surface area (Å²) in [5.41, 5.74) is 0. The molecule has 0 bridgehead atoms. The minimum atomic E-state index is -0.785. The fourth-order valence-corrected chi connectivity index (χ4v) is 6.31. The average molecular weight is 704 g/mol. The predicted molar refractivity (Wildman–Crippen MR) is 213 cm³/mol. The Morgan fingerprint density at radius 1 is 0.600 bits per heavy atom. The lowest BCUT2D eigenvalue weighted by Crippen LogP contribution is -2.46. The van der Waals surface area contributed by atoms with Crippen LogP contribution in [0.2, 0.25) is 0 Å². The summed E-state index contributed by atoms with van der Waals surface area (Å²) in [7, 11) is 0. The number of allylic oxidation sites excluding steroid dienone is 6. The Morgan fingerprint density at radius 2 is 1.08 bits per heavy atom. The van der Waals surface area contributed by atoms with Crippen LogP contribution in [0, 0.1) is 0 Å². The summed E-state index contributed by atoms with van der Waals surface area (Å²) >= 11 is 0. The molecule has 0 radical (unpaired) electrons. The molecule has 292 valence electrons. The van der Waals surface area contributed by atoms with Gasteiger partial charge in [-0.3, -0.25) is 9.59 Å². The molecule has 0 aromatic rings. The Morgan fingerprint density at radius 3 is 1.62 bits per heavy atom. The predicted octanol–water partition coefficient (Wildman–Crippen LogP) is 11.8. The molecule has 6 heteroatoms. The van der Waals surface area contributed by atoms with Gasteiger partial charge in [0.15, 0.2) is 0 Å². The third kappa shape index (κ3) is 33.2. The zero-order valence-corrected chi connectivity index (χ0v) is 33.0. The van der Waals surface area contributed by atoms with Gasteiger partial charge in [0.25, 0.3) is 0 Å². The Balaban J connectivity index is 4.51. The van der Waals surface area contributed by atoms with Crippen molar-refractivity contribution in [3.63, 3.8) is 0 Å². The molecular weight excluding hydrogens is 622 g/mol. The molecule has 0 spiro atoms. The van der Waals surface area contributed by atoms with Crippen molar-refractivity contribution in [3.8, 4) is 0 Å². The average Bonchev–Trinajstić information content (AvgIpc) is 3.10. The second-order valence-corrected chi connectivity index (χ2v) is 14.4. The SMILES string of the molecule is CC/C=C/C=C/C=C\CCCCCCCC(=O)OC(CCCCCCCCC)CC(=O)NC(CO)C(O)CCCCCCCCCCCCC. The number of unbranched alkanes of at least 4 members (excludes halogenated alkanes) is 21. The van der Waals surface area contributed by atoms with Gasteiger partial charge in [0.05, 0.1) is 25.2 Å². The highest BCUT2D eigenvalue weighted by Gasteiger charge is 2.24. The molecule has 3 unspecified atom stereocenters. The minimum absolute atomic E-state index is 0.0703. The summed E-state index contributed by atoms with van der Waals surface area (Å²) in [6, 6.07) is -0.699. The van der Waals surface area contributed by atoms with Gasteiger partial charge in [0.2, 0.25) is 5.91 Å². The molecule has 0 heterocycles. The maximum Gasteiger partial charge on any atom is 0.306 e. The van der Waals surface area contributed by atoms with Crippen LogP contribution in [0.4, 0.5) is 0 Å². The van der Waals surface area contributed by atoms with Crippen molar-refractivity contribution in [3.05, 3.63) is 36.5 Å². The number of aliphatic hydroxyl groups excluding tert-OH is 2. The monoisotopic (exact) mass is 704 g/mol. The molecule has 0 aromatic heterocycles. The Kier molecular flexibility index (Phi) is 36.8. The molecule has 0 rings (SSSR count). The van der Waals surface area contributed by atoms with Gasteiger partial charge >= 0.3 is 5.97 Å². The highest BCUT2D eigenvalue weighted by atomic mass is 16.5. The van der Waals surface area contributed by atoms with Crippen LogP contribution in [0.3, 0.4) is 0 Å². The maximum atomic E-state index is 13.0. The number of aliphatic hydroxyl groups is 2. The van der Waals surface area contributed by atoms with Crippen molar-refractivity contribution in [2.75, 3.05) is 6.61 Å². The first kappa shape index (κ1) is 48.1. The van der Waals surface area contributed by atoms with Gasteiger partial charge < -0.3 is 20.3 Å². The molecule has 0 aliphatic heterocycles. The molecule has 0 aliphatic carbocycles. The smallest absolute Gasteiger partial charge is 0.306 e. The largest absolute Gasteiger partial charge is 0.462 e. The molecular formula is C44H81NO5. The normalized spacial score (nSPS) is 13.8. The van der Waals surface area contributed by atoms with Crippen molar-refractivity contribution >= 4 is 11.9 Å². The van der Waals surface area contributed by atoms with Crippen LogP contribution < -0.4 is 5.32 Å². The Bertz CT molecular complexity index is 838. The first-order chi connectivity index (χ1) is 24.5. The molecule has 3 atom stereocenters. The topological polar surface area (TPSA) is 95.9 Å². The van der Waals surface area contributed by atoms with E-state index < -0.39 is 18.2 Å². The van der Waals surface area contributed by atoms with E-state index in [4.69, 9.17) is 4.74 Å². The first-order valence-corrected chi connectivity index (χ1v) is 21.2. The van der Waals surface area contributed by atoms with E-state index in [1.807, 2.05) is 0 Å². The zero-order chi connectivity index (χ0) is 36.8. The van der Waals surface area contributed by atoms with Crippen molar-refractivity contribution in [1.82, 2.24) is 5.32 Å². The maximum absolute atomic E-state index is 13.0. The fourth-order valence-electron chi connectivity index (χ4n) is 6.31. The van der Waals surface area contributed by atoms with Crippen LogP contribution >= 0.6 is 0 Å². The van der Waals surface area contributed by atoms with E-state index in [1.54, 1.807) is 0 Å². The molecule has 0 aromatic carbocycles. The molecule has 0 aliphatic rings. The van der Waals surface area contributed by atoms with Crippen LogP contribution in [0.1, 0.15) is 207 Å². The molecule has 3 N–H and O–H groups in total. The lowest BCUT2D eigenvalue weighted by Gasteiger charge is -2.24. The number of ether oxygens (including phenoxy) is 1. The number of amides is 1. The van der Waals surface area contributed by atoms with Crippen LogP contribution in [-0.2, 0) is 14.3 Å². The summed E-state index contributed by atoms with van der Waals surface area (Å²) in [5.74, 6) is -0.502. The summed E-state index contributed by atoms with van der Waals surface area (Å²) in [6.45, 7) is 6.29. The number of esters is 1. The number of hydrogen-bond acceptors (Lipinski definition) is 5. The first-order valence-electron chi connectivity index (χ1n) is 21.2.